The number of aliphatic hydroxyl groups excluding tert-OH is 1. The Morgan fingerprint density at radius 2 is 1.44 bits per heavy atom. The van der Waals surface area contributed by atoms with Crippen LogP contribution in [0.4, 0.5) is 0 Å². The van der Waals surface area contributed by atoms with E-state index in [4.69, 9.17) is 5.11 Å². The van der Waals surface area contributed by atoms with Crippen molar-refractivity contribution in [3.8, 4) is 0 Å². The fraction of sp³-hybridized carbons (Fsp3) is 1.00. The van der Waals surface area contributed by atoms with Gasteiger partial charge in [-0.1, -0.05) is 0 Å². The van der Waals surface area contributed by atoms with Crippen molar-refractivity contribution in [3.63, 3.8) is 0 Å². The summed E-state index contributed by atoms with van der Waals surface area (Å²) >= 11 is 0. The molecular formula is C3H10O4SW. The molecule has 0 aromatic rings. The van der Waals surface area contributed by atoms with Crippen molar-refractivity contribution in [3.05, 3.63) is 0 Å². The minimum Gasteiger partial charge on any atom is -0.400 e. The Balaban J connectivity index is -0.000000109. The van der Waals surface area contributed by atoms with Gasteiger partial charge in [-0.3, -0.25) is 4.18 Å². The third-order valence-electron chi connectivity index (χ3n) is 0.303. The molecule has 0 aliphatic carbocycles. The van der Waals surface area contributed by atoms with Crippen LogP contribution in [0, 0.1) is 0 Å². The van der Waals surface area contributed by atoms with Gasteiger partial charge in [0, 0.05) is 28.2 Å². The van der Waals surface area contributed by atoms with Crippen molar-refractivity contribution in [2.45, 2.75) is 0 Å². The summed E-state index contributed by atoms with van der Waals surface area (Å²) in [7, 11) is -1.04. The van der Waals surface area contributed by atoms with Crippen molar-refractivity contribution in [2.75, 3.05) is 20.5 Å². The maximum atomic E-state index is 9.78. The summed E-state index contributed by atoms with van der Waals surface area (Å²) in [6.07, 6.45) is 0.993. The molecule has 1 N–H and O–H groups in total. The van der Waals surface area contributed by atoms with Gasteiger partial charge in [-0.25, -0.2) is 0 Å². The van der Waals surface area contributed by atoms with Crippen LogP contribution in [0.1, 0.15) is 0 Å². The second-order valence-electron chi connectivity index (χ2n) is 0.871. The topological polar surface area (TPSA) is 63.6 Å². The van der Waals surface area contributed by atoms with Gasteiger partial charge in [0.05, 0.1) is 13.4 Å². The molecule has 0 aliphatic heterocycles. The summed E-state index contributed by atoms with van der Waals surface area (Å²) in [4.78, 5) is 0. The smallest absolute Gasteiger partial charge is 0.264 e. The van der Waals surface area contributed by atoms with E-state index in [0.717, 1.165) is 20.5 Å². The van der Waals surface area contributed by atoms with Crippen LogP contribution in [0.15, 0.2) is 0 Å². The van der Waals surface area contributed by atoms with Crippen molar-refractivity contribution in [2.24, 2.45) is 0 Å². The minimum absolute atomic E-state index is 0. The van der Waals surface area contributed by atoms with E-state index in [-0.39, 0.29) is 21.1 Å². The molecule has 58 valence electrons. The van der Waals surface area contributed by atoms with E-state index < -0.39 is 10.1 Å². The fourth-order valence-corrected chi connectivity index (χ4v) is 0. The molecule has 0 rings (SSSR count). The Morgan fingerprint density at radius 1 is 1.33 bits per heavy atom. The van der Waals surface area contributed by atoms with Crippen LogP contribution in [-0.4, -0.2) is 34.0 Å². The van der Waals surface area contributed by atoms with E-state index in [1.807, 2.05) is 0 Å². The quantitative estimate of drug-likeness (QED) is 0.641. The van der Waals surface area contributed by atoms with Crippen LogP contribution >= 0.6 is 0 Å². The molecule has 0 unspecified atom stereocenters. The minimum atomic E-state index is -3.16. The Morgan fingerprint density at radius 3 is 1.44 bits per heavy atom. The maximum absolute atomic E-state index is 9.78. The van der Waals surface area contributed by atoms with Crippen molar-refractivity contribution in [1.29, 1.82) is 0 Å². The molecule has 6 heteroatoms. The average molecular weight is 326 g/mol. The Labute approximate surface area is 69.6 Å². The van der Waals surface area contributed by atoms with Gasteiger partial charge in [-0.05, 0) is 0 Å². The third-order valence-corrected chi connectivity index (χ3v) is 0.908. The molecule has 0 amide bonds. The summed E-state index contributed by atoms with van der Waals surface area (Å²) in [6, 6.07) is 0. The number of hydrogen-bond donors (Lipinski definition) is 1. The van der Waals surface area contributed by atoms with Gasteiger partial charge in [0.25, 0.3) is 10.1 Å². The van der Waals surface area contributed by atoms with Gasteiger partial charge in [0.15, 0.2) is 0 Å². The van der Waals surface area contributed by atoms with Gasteiger partial charge < -0.3 is 5.11 Å². The molecule has 0 radical (unpaired) electrons. The second kappa shape index (κ2) is 8.56. The van der Waals surface area contributed by atoms with E-state index in [0.29, 0.717) is 0 Å². The zero-order valence-corrected chi connectivity index (χ0v) is 9.24. The molecule has 0 aliphatic rings. The van der Waals surface area contributed by atoms with E-state index in [9.17, 15) is 8.42 Å². The number of rotatable bonds is 1. The fourth-order valence-electron chi connectivity index (χ4n) is 0. The van der Waals surface area contributed by atoms with E-state index in [1.165, 1.54) is 0 Å². The largest absolute Gasteiger partial charge is 0.400 e. The van der Waals surface area contributed by atoms with Crippen LogP contribution in [0.2, 0.25) is 0 Å². The molecule has 0 aromatic heterocycles. The predicted octanol–water partition coefficient (Wildman–Crippen LogP) is -0.802. The molecule has 0 atom stereocenters. The van der Waals surface area contributed by atoms with Gasteiger partial charge in [-0.2, -0.15) is 8.42 Å². The zero-order chi connectivity index (χ0) is 7.21. The molecule has 9 heavy (non-hydrogen) atoms. The summed E-state index contributed by atoms with van der Waals surface area (Å²) in [5.41, 5.74) is 0. The first-order valence-corrected chi connectivity index (χ1v) is 3.58. The van der Waals surface area contributed by atoms with Gasteiger partial charge >= 0.3 is 0 Å². The van der Waals surface area contributed by atoms with Crippen molar-refractivity contribution >= 4 is 10.1 Å². The molecular weight excluding hydrogens is 316 g/mol. The van der Waals surface area contributed by atoms with E-state index in [2.05, 4.69) is 4.18 Å². The first-order chi connectivity index (χ1) is 3.56. The van der Waals surface area contributed by atoms with Crippen LogP contribution in [0.5, 0.6) is 0 Å². The standard InChI is InChI=1S/C2H6O3S.CH4O.W/c1-5-6(2,3)4;1-2;/h1-2H3;2H,1H3;. The molecule has 0 bridgehead atoms. The normalized spacial score (nSPS) is 8.44. The summed E-state index contributed by atoms with van der Waals surface area (Å²) in [6.45, 7) is 0. The summed E-state index contributed by atoms with van der Waals surface area (Å²) in [5, 5.41) is 7.00. The molecule has 0 heterocycles. The number of aliphatic hydroxyl groups is 1. The van der Waals surface area contributed by atoms with Crippen LogP contribution in [-0.2, 0) is 35.4 Å². The first kappa shape index (κ1) is 16.3. The predicted molar refractivity (Wildman–Crippen MR) is 30.0 cm³/mol. The third kappa shape index (κ3) is 29.1. The Kier molecular flexibility index (Phi) is 15.5. The monoisotopic (exact) mass is 326 g/mol. The van der Waals surface area contributed by atoms with Crippen molar-refractivity contribution in [1.82, 2.24) is 0 Å². The van der Waals surface area contributed by atoms with Crippen LogP contribution in [0.3, 0.4) is 0 Å². The Bertz CT molecular complexity index is 118. The van der Waals surface area contributed by atoms with Gasteiger partial charge in [0.2, 0.25) is 0 Å². The molecule has 0 saturated carbocycles. The number of hydrogen-bond acceptors (Lipinski definition) is 4. The van der Waals surface area contributed by atoms with Gasteiger partial charge in [0.1, 0.15) is 0 Å². The molecule has 0 aromatic carbocycles. The van der Waals surface area contributed by atoms with Crippen LogP contribution < -0.4 is 0 Å². The maximum Gasteiger partial charge on any atom is 0.264 e. The average Bonchev–Trinajstić information content (AvgIpc) is 1.71. The molecule has 0 fully saturated rings. The first-order valence-electron chi connectivity index (χ1n) is 1.76. The molecule has 0 saturated heterocycles. The molecule has 0 spiro atoms. The van der Waals surface area contributed by atoms with Crippen LogP contribution in [0.25, 0.3) is 0 Å². The van der Waals surface area contributed by atoms with Crippen molar-refractivity contribution < 1.29 is 38.8 Å². The van der Waals surface area contributed by atoms with E-state index >= 15 is 0 Å². The van der Waals surface area contributed by atoms with Gasteiger partial charge in [-0.15, -0.1) is 0 Å². The molecule has 4 nitrogen and oxygen atoms in total. The zero-order valence-electron chi connectivity index (χ0n) is 5.49. The van der Waals surface area contributed by atoms with E-state index in [1.54, 1.807) is 0 Å². The summed E-state index contributed by atoms with van der Waals surface area (Å²) in [5.74, 6) is 0. The second-order valence-corrected chi connectivity index (χ2v) is 2.61. The Hall–Kier alpha value is 0.558. The summed E-state index contributed by atoms with van der Waals surface area (Å²) < 4.78 is 23.5. The SMILES string of the molecule is CO.COS(C)(=O)=O.[W].